The standard InChI is InChI=1S/C10H12ClN3O3/c1-13(2)6-10(15)12-9-4-3-7(14(16)17)5-8(9)11/h3-5H,6H2,1-2H3,(H,12,15)/p+1. The number of halogens is 1. The molecule has 0 saturated heterocycles. The largest absolute Gasteiger partial charge is 0.332 e. The summed E-state index contributed by atoms with van der Waals surface area (Å²) in [4.78, 5) is 22.4. The molecule has 0 aromatic heterocycles. The van der Waals surface area contributed by atoms with Crippen molar-refractivity contribution in [2.45, 2.75) is 0 Å². The third kappa shape index (κ3) is 4.01. The summed E-state index contributed by atoms with van der Waals surface area (Å²) in [5.41, 5.74) is 0.273. The van der Waals surface area contributed by atoms with Crippen LogP contribution in [0.1, 0.15) is 0 Å². The maximum Gasteiger partial charge on any atom is 0.279 e. The van der Waals surface area contributed by atoms with Crippen LogP contribution in [0.5, 0.6) is 0 Å². The van der Waals surface area contributed by atoms with Crippen LogP contribution in [-0.4, -0.2) is 31.5 Å². The molecule has 0 atom stereocenters. The molecule has 0 aliphatic heterocycles. The summed E-state index contributed by atoms with van der Waals surface area (Å²) in [6, 6.07) is 3.92. The molecule has 1 aromatic rings. The molecule has 1 rings (SSSR count). The van der Waals surface area contributed by atoms with E-state index in [9.17, 15) is 14.9 Å². The first-order valence-electron chi connectivity index (χ1n) is 4.93. The summed E-state index contributed by atoms with van der Waals surface area (Å²) < 4.78 is 0. The Morgan fingerprint density at radius 3 is 2.65 bits per heavy atom. The molecule has 2 N–H and O–H groups in total. The second kappa shape index (κ2) is 5.60. The lowest BCUT2D eigenvalue weighted by molar-refractivity contribution is -0.849. The molecule has 0 fully saturated rings. The molecule has 7 heteroatoms. The van der Waals surface area contributed by atoms with Gasteiger partial charge in [0.05, 0.1) is 29.7 Å². The Balaban J connectivity index is 2.79. The molecule has 92 valence electrons. The van der Waals surface area contributed by atoms with E-state index < -0.39 is 4.92 Å². The predicted octanol–water partition coefficient (Wildman–Crippen LogP) is 0.331. The average Bonchev–Trinajstić information content (AvgIpc) is 2.19. The van der Waals surface area contributed by atoms with E-state index in [2.05, 4.69) is 5.32 Å². The van der Waals surface area contributed by atoms with Gasteiger partial charge in [-0.2, -0.15) is 0 Å². The lowest BCUT2D eigenvalue weighted by atomic mass is 10.3. The van der Waals surface area contributed by atoms with E-state index in [1.54, 1.807) is 0 Å². The smallest absolute Gasteiger partial charge is 0.279 e. The van der Waals surface area contributed by atoms with Gasteiger partial charge in [0.25, 0.3) is 11.6 Å². The third-order valence-electron chi connectivity index (χ3n) is 1.95. The minimum atomic E-state index is -0.540. The minimum absolute atomic E-state index is 0.105. The second-order valence-corrected chi connectivity index (χ2v) is 4.26. The van der Waals surface area contributed by atoms with Crippen molar-refractivity contribution < 1.29 is 14.6 Å². The van der Waals surface area contributed by atoms with Crippen molar-refractivity contribution in [2.75, 3.05) is 26.0 Å². The van der Waals surface area contributed by atoms with Gasteiger partial charge in [0, 0.05) is 12.1 Å². The van der Waals surface area contributed by atoms with Gasteiger partial charge in [-0.15, -0.1) is 0 Å². The topological polar surface area (TPSA) is 76.7 Å². The van der Waals surface area contributed by atoms with E-state index in [-0.39, 0.29) is 16.6 Å². The number of benzene rings is 1. The Kier molecular flexibility index (Phi) is 4.42. The zero-order valence-electron chi connectivity index (χ0n) is 9.49. The van der Waals surface area contributed by atoms with Gasteiger partial charge in [-0.25, -0.2) is 0 Å². The van der Waals surface area contributed by atoms with E-state index in [4.69, 9.17) is 11.6 Å². The number of likely N-dealkylation sites (N-methyl/N-ethyl adjacent to an activating group) is 1. The number of nitro groups is 1. The number of hydrogen-bond acceptors (Lipinski definition) is 3. The van der Waals surface area contributed by atoms with Crippen molar-refractivity contribution in [3.05, 3.63) is 33.3 Å². The highest BCUT2D eigenvalue weighted by molar-refractivity contribution is 6.33. The number of quaternary nitrogens is 1. The fourth-order valence-corrected chi connectivity index (χ4v) is 1.46. The number of rotatable bonds is 4. The van der Waals surface area contributed by atoms with Crippen LogP contribution in [0.4, 0.5) is 11.4 Å². The summed E-state index contributed by atoms with van der Waals surface area (Å²) in [6.45, 7) is 0.299. The highest BCUT2D eigenvalue weighted by Gasteiger charge is 2.12. The normalized spacial score (nSPS) is 10.4. The molecule has 6 nitrogen and oxygen atoms in total. The molecule has 0 heterocycles. The number of hydrogen-bond donors (Lipinski definition) is 2. The monoisotopic (exact) mass is 258 g/mol. The zero-order chi connectivity index (χ0) is 13.0. The summed E-state index contributed by atoms with van der Waals surface area (Å²) in [5, 5.41) is 13.2. The van der Waals surface area contributed by atoms with Crippen LogP contribution in [0.15, 0.2) is 18.2 Å². The minimum Gasteiger partial charge on any atom is -0.332 e. The van der Waals surface area contributed by atoms with E-state index in [0.29, 0.717) is 12.2 Å². The Morgan fingerprint density at radius 2 is 2.18 bits per heavy atom. The van der Waals surface area contributed by atoms with Crippen LogP contribution >= 0.6 is 11.6 Å². The molecule has 0 radical (unpaired) electrons. The summed E-state index contributed by atoms with van der Waals surface area (Å²) >= 11 is 5.83. The molecule has 1 amide bonds. The highest BCUT2D eigenvalue weighted by atomic mass is 35.5. The number of nitro benzene ring substituents is 1. The van der Waals surface area contributed by atoms with Crippen molar-refractivity contribution in [1.29, 1.82) is 0 Å². The first-order valence-corrected chi connectivity index (χ1v) is 5.30. The first-order chi connectivity index (χ1) is 7.90. The Morgan fingerprint density at radius 1 is 1.53 bits per heavy atom. The maximum atomic E-state index is 11.5. The van der Waals surface area contributed by atoms with Gasteiger partial charge >= 0.3 is 0 Å². The molecule has 17 heavy (non-hydrogen) atoms. The Labute approximate surface area is 103 Å². The lowest BCUT2D eigenvalue weighted by Crippen LogP contribution is -3.06. The van der Waals surface area contributed by atoms with Gasteiger partial charge in [0.1, 0.15) is 0 Å². The van der Waals surface area contributed by atoms with E-state index in [1.807, 2.05) is 14.1 Å². The van der Waals surface area contributed by atoms with Crippen LogP contribution in [-0.2, 0) is 4.79 Å². The van der Waals surface area contributed by atoms with E-state index >= 15 is 0 Å². The van der Waals surface area contributed by atoms with Crippen LogP contribution in [0.3, 0.4) is 0 Å². The van der Waals surface area contributed by atoms with Crippen LogP contribution in [0, 0.1) is 10.1 Å². The van der Waals surface area contributed by atoms with Crippen molar-refractivity contribution in [3.63, 3.8) is 0 Å². The van der Waals surface area contributed by atoms with Crippen molar-refractivity contribution in [1.82, 2.24) is 0 Å². The Bertz CT molecular complexity index is 448. The molecule has 0 aliphatic rings. The fourth-order valence-electron chi connectivity index (χ4n) is 1.23. The van der Waals surface area contributed by atoms with Gasteiger partial charge in [-0.05, 0) is 6.07 Å². The number of amides is 1. The maximum absolute atomic E-state index is 11.5. The molecule has 0 unspecified atom stereocenters. The number of carbonyl (C=O) groups excluding carboxylic acids is 1. The molecule has 0 spiro atoms. The quantitative estimate of drug-likeness (QED) is 0.604. The molecule has 0 aliphatic carbocycles. The number of non-ortho nitro benzene ring substituents is 1. The molecule has 1 aromatic carbocycles. The highest BCUT2D eigenvalue weighted by Crippen LogP contribution is 2.26. The third-order valence-corrected chi connectivity index (χ3v) is 2.26. The van der Waals surface area contributed by atoms with Crippen LogP contribution in [0.25, 0.3) is 0 Å². The fraction of sp³-hybridized carbons (Fsp3) is 0.300. The van der Waals surface area contributed by atoms with E-state index in [0.717, 1.165) is 4.90 Å². The number of carbonyl (C=O) groups is 1. The lowest BCUT2D eigenvalue weighted by Gasteiger charge is -2.09. The summed E-state index contributed by atoms with van der Waals surface area (Å²) in [7, 11) is 3.69. The van der Waals surface area contributed by atoms with E-state index in [1.165, 1.54) is 18.2 Å². The van der Waals surface area contributed by atoms with Gasteiger partial charge in [-0.1, -0.05) is 11.6 Å². The van der Waals surface area contributed by atoms with Crippen molar-refractivity contribution >= 4 is 28.9 Å². The SMILES string of the molecule is C[NH+](C)CC(=O)Nc1ccc([N+](=O)[O-])cc1Cl. The van der Waals surface area contributed by atoms with Gasteiger partial charge in [0.15, 0.2) is 6.54 Å². The number of anilines is 1. The van der Waals surface area contributed by atoms with Crippen LogP contribution < -0.4 is 10.2 Å². The van der Waals surface area contributed by atoms with Crippen molar-refractivity contribution in [2.24, 2.45) is 0 Å². The van der Waals surface area contributed by atoms with Crippen LogP contribution in [0.2, 0.25) is 5.02 Å². The average molecular weight is 259 g/mol. The van der Waals surface area contributed by atoms with Gasteiger partial charge in [0.2, 0.25) is 0 Å². The number of nitrogens with zero attached hydrogens (tertiary/aromatic N) is 1. The molecule has 0 saturated carbocycles. The summed E-state index contributed by atoms with van der Waals surface area (Å²) in [5.74, 6) is -0.194. The second-order valence-electron chi connectivity index (χ2n) is 3.85. The van der Waals surface area contributed by atoms with Gasteiger partial charge in [-0.3, -0.25) is 14.9 Å². The predicted molar refractivity (Wildman–Crippen MR) is 64.4 cm³/mol. The zero-order valence-corrected chi connectivity index (χ0v) is 10.2. The Hall–Kier alpha value is -1.66. The molecular weight excluding hydrogens is 246 g/mol. The molecule has 0 bridgehead atoms. The number of nitrogens with one attached hydrogen (secondary N) is 2. The molecular formula is C10H13ClN3O3+. The van der Waals surface area contributed by atoms with Gasteiger partial charge < -0.3 is 10.2 Å². The van der Waals surface area contributed by atoms with Crippen molar-refractivity contribution in [3.8, 4) is 0 Å². The first kappa shape index (κ1) is 13.4. The summed E-state index contributed by atoms with van der Waals surface area (Å²) in [6.07, 6.45) is 0.